The molecule has 4 atom stereocenters. The van der Waals surface area contributed by atoms with E-state index in [4.69, 9.17) is 34.4 Å². The van der Waals surface area contributed by atoms with Crippen molar-refractivity contribution in [3.63, 3.8) is 0 Å². The molecule has 0 aromatic heterocycles. The third kappa shape index (κ3) is 12.6. The fraction of sp³-hybridized carbons (Fsp3) is 0.739. The van der Waals surface area contributed by atoms with E-state index in [1.54, 1.807) is 0 Å². The maximum absolute atomic E-state index is 13.5. The van der Waals surface area contributed by atoms with Crippen molar-refractivity contribution in [2.75, 3.05) is 26.2 Å². The molecule has 1 fully saturated rings. The molecule has 222 valence electrons. The van der Waals surface area contributed by atoms with Gasteiger partial charge in [-0.3, -0.25) is 24.4 Å². The van der Waals surface area contributed by atoms with Gasteiger partial charge in [0.2, 0.25) is 17.7 Å². The molecule has 0 spiro atoms. The van der Waals surface area contributed by atoms with Gasteiger partial charge in [-0.25, -0.2) is 4.79 Å². The summed E-state index contributed by atoms with van der Waals surface area (Å²) in [5, 5.41) is 14.8. The molecule has 16 nitrogen and oxygen atoms in total. The predicted octanol–water partition coefficient (Wildman–Crippen LogP) is -3.40. The number of unbranched alkanes of at least 4 members (excludes halogenated alkanes) is 1. The number of aliphatic imine (C=N–C) groups is 2. The summed E-state index contributed by atoms with van der Waals surface area (Å²) in [6.45, 7) is 1.26. The first kappa shape index (κ1) is 33.4. The van der Waals surface area contributed by atoms with Gasteiger partial charge in [-0.2, -0.15) is 0 Å². The van der Waals surface area contributed by atoms with Crippen molar-refractivity contribution in [1.82, 2.24) is 15.5 Å². The largest absolute Gasteiger partial charge is 0.480 e. The molecular weight excluding hydrogens is 510 g/mol. The zero-order chi connectivity index (χ0) is 29.4. The van der Waals surface area contributed by atoms with Gasteiger partial charge in [-0.1, -0.05) is 0 Å². The number of rotatable bonds is 18. The number of aliphatic carboxylic acids is 1. The van der Waals surface area contributed by atoms with Crippen molar-refractivity contribution in [3.05, 3.63) is 0 Å². The summed E-state index contributed by atoms with van der Waals surface area (Å²) >= 11 is 0. The van der Waals surface area contributed by atoms with Crippen LogP contribution in [0.25, 0.3) is 0 Å². The Morgan fingerprint density at radius 3 is 2.03 bits per heavy atom. The lowest BCUT2D eigenvalue weighted by Crippen LogP contribution is -2.56. The van der Waals surface area contributed by atoms with Gasteiger partial charge in [-0.05, 0) is 64.3 Å². The van der Waals surface area contributed by atoms with Crippen LogP contribution >= 0.6 is 0 Å². The van der Waals surface area contributed by atoms with Crippen LogP contribution in [0.2, 0.25) is 0 Å². The highest BCUT2D eigenvalue weighted by atomic mass is 16.4. The molecular formula is C23H45N11O5. The monoisotopic (exact) mass is 555 g/mol. The first-order valence-electron chi connectivity index (χ1n) is 13.2. The molecule has 0 aliphatic carbocycles. The number of guanidine groups is 2. The maximum atomic E-state index is 13.5. The molecule has 3 amide bonds. The van der Waals surface area contributed by atoms with E-state index in [2.05, 4.69) is 20.6 Å². The number of carboxylic acid groups (broad SMARTS) is 1. The van der Waals surface area contributed by atoms with E-state index in [0.29, 0.717) is 71.0 Å². The minimum atomic E-state index is -1.20. The topological polar surface area (TPSA) is 297 Å². The van der Waals surface area contributed by atoms with E-state index in [-0.39, 0.29) is 24.9 Å². The maximum Gasteiger partial charge on any atom is 0.326 e. The van der Waals surface area contributed by atoms with Crippen LogP contribution in [0.15, 0.2) is 9.98 Å². The number of carboxylic acids is 1. The van der Waals surface area contributed by atoms with Gasteiger partial charge in [0.25, 0.3) is 0 Å². The van der Waals surface area contributed by atoms with Crippen molar-refractivity contribution >= 4 is 35.6 Å². The molecule has 1 aliphatic rings. The molecule has 0 aromatic rings. The normalized spacial score (nSPS) is 17.0. The van der Waals surface area contributed by atoms with Crippen LogP contribution in [-0.2, 0) is 19.2 Å². The Kier molecular flexibility index (Phi) is 15.2. The van der Waals surface area contributed by atoms with Crippen LogP contribution in [0.3, 0.4) is 0 Å². The molecule has 16 heteroatoms. The first-order valence-corrected chi connectivity index (χ1v) is 13.2. The molecule has 0 aromatic carbocycles. The highest BCUT2D eigenvalue weighted by molar-refractivity contribution is 5.94. The van der Waals surface area contributed by atoms with Gasteiger partial charge >= 0.3 is 5.97 Å². The Balaban J connectivity index is 2.86. The lowest BCUT2D eigenvalue weighted by atomic mass is 10.0. The minimum absolute atomic E-state index is 0.0524. The fourth-order valence-electron chi connectivity index (χ4n) is 4.21. The van der Waals surface area contributed by atoms with Crippen LogP contribution in [0.5, 0.6) is 0 Å². The third-order valence-corrected chi connectivity index (χ3v) is 6.26. The van der Waals surface area contributed by atoms with E-state index < -0.39 is 47.9 Å². The second-order valence-corrected chi connectivity index (χ2v) is 9.44. The first-order chi connectivity index (χ1) is 18.5. The Bertz CT molecular complexity index is 875. The highest BCUT2D eigenvalue weighted by Crippen LogP contribution is 2.20. The Hall–Kier alpha value is -3.66. The van der Waals surface area contributed by atoms with Crippen molar-refractivity contribution in [1.29, 1.82) is 0 Å². The Morgan fingerprint density at radius 1 is 0.872 bits per heavy atom. The third-order valence-electron chi connectivity index (χ3n) is 6.26. The van der Waals surface area contributed by atoms with E-state index in [1.165, 1.54) is 4.90 Å². The summed E-state index contributed by atoms with van der Waals surface area (Å²) < 4.78 is 0. The summed E-state index contributed by atoms with van der Waals surface area (Å²) in [5.41, 5.74) is 32.7. The molecule has 0 saturated carbocycles. The zero-order valence-corrected chi connectivity index (χ0v) is 22.4. The number of amides is 3. The summed E-state index contributed by atoms with van der Waals surface area (Å²) in [5.74, 6) is -2.86. The van der Waals surface area contributed by atoms with Crippen molar-refractivity contribution in [3.8, 4) is 0 Å². The van der Waals surface area contributed by atoms with Crippen LogP contribution in [0.1, 0.15) is 57.8 Å². The van der Waals surface area contributed by atoms with E-state index in [1.807, 2.05) is 0 Å². The predicted molar refractivity (Wildman–Crippen MR) is 147 cm³/mol. The number of carbonyl (C=O) groups is 4. The quantitative estimate of drug-likeness (QED) is 0.0456. The fourth-order valence-corrected chi connectivity index (χ4v) is 4.21. The highest BCUT2D eigenvalue weighted by Gasteiger charge is 2.38. The smallest absolute Gasteiger partial charge is 0.326 e. The van der Waals surface area contributed by atoms with Gasteiger partial charge in [0, 0.05) is 19.6 Å². The summed E-state index contributed by atoms with van der Waals surface area (Å²) in [6.07, 6.45) is 3.69. The average molecular weight is 556 g/mol. The van der Waals surface area contributed by atoms with Crippen LogP contribution in [0.4, 0.5) is 0 Å². The number of hydrogen-bond acceptors (Lipinski definition) is 8. The number of likely N-dealkylation sites (tertiary alicyclic amines) is 1. The van der Waals surface area contributed by atoms with Gasteiger partial charge in [0.05, 0.1) is 6.04 Å². The van der Waals surface area contributed by atoms with Crippen LogP contribution in [-0.4, -0.2) is 96.0 Å². The van der Waals surface area contributed by atoms with Gasteiger partial charge in [0.15, 0.2) is 11.9 Å². The van der Waals surface area contributed by atoms with Gasteiger partial charge < -0.3 is 55.0 Å². The van der Waals surface area contributed by atoms with E-state index >= 15 is 0 Å². The number of nitrogens with one attached hydrogen (secondary N) is 2. The second kappa shape index (κ2) is 17.8. The average Bonchev–Trinajstić information content (AvgIpc) is 3.37. The number of hydrogen-bond donors (Lipinski definition) is 9. The van der Waals surface area contributed by atoms with Gasteiger partial charge in [0.1, 0.15) is 18.1 Å². The molecule has 39 heavy (non-hydrogen) atoms. The summed E-state index contributed by atoms with van der Waals surface area (Å²) in [7, 11) is 0. The molecule has 4 unspecified atom stereocenters. The molecule has 1 saturated heterocycles. The van der Waals surface area contributed by atoms with Crippen molar-refractivity contribution in [2.45, 2.75) is 82.0 Å². The lowest BCUT2D eigenvalue weighted by molar-refractivity contribution is -0.145. The SMILES string of the molecule is NCCCCC(NC(=O)C(N)CCCN=C(N)N)C(=O)N1CCCC1C(=O)NC(CCCN=C(N)N)C(=O)O. The van der Waals surface area contributed by atoms with E-state index in [0.717, 1.165) is 0 Å². The number of carbonyl (C=O) groups excluding carboxylic acids is 3. The van der Waals surface area contributed by atoms with Crippen molar-refractivity contribution in [2.24, 2.45) is 44.4 Å². The summed E-state index contributed by atoms with van der Waals surface area (Å²) in [6, 6.07) is -3.81. The number of nitrogens with two attached hydrogens (primary N) is 6. The zero-order valence-electron chi connectivity index (χ0n) is 22.4. The Morgan fingerprint density at radius 2 is 1.46 bits per heavy atom. The van der Waals surface area contributed by atoms with Crippen LogP contribution < -0.4 is 45.0 Å². The molecule has 0 radical (unpaired) electrons. The van der Waals surface area contributed by atoms with Crippen LogP contribution in [0, 0.1) is 0 Å². The standard InChI is InChI=1S/C23H45N11O5/c24-10-2-1-7-15(32-18(35)14(25)6-3-11-30-22(26)27)20(37)34-13-5-9-17(34)19(36)33-16(21(38)39)8-4-12-31-23(28)29/h14-17H,1-13,24-25H2,(H,32,35)(H,33,36)(H,38,39)(H4,26,27,30)(H4,28,29,31). The Labute approximate surface area is 228 Å². The molecule has 15 N–H and O–H groups in total. The van der Waals surface area contributed by atoms with E-state index in [9.17, 15) is 24.3 Å². The molecule has 1 aliphatic heterocycles. The minimum Gasteiger partial charge on any atom is -0.480 e. The molecule has 1 rings (SSSR count). The molecule has 0 bridgehead atoms. The van der Waals surface area contributed by atoms with Crippen molar-refractivity contribution < 1.29 is 24.3 Å². The lowest BCUT2D eigenvalue weighted by Gasteiger charge is -2.30. The number of nitrogens with zero attached hydrogens (tertiary/aromatic N) is 3. The van der Waals surface area contributed by atoms with Gasteiger partial charge in [-0.15, -0.1) is 0 Å². The second-order valence-electron chi connectivity index (χ2n) is 9.44. The summed E-state index contributed by atoms with van der Waals surface area (Å²) in [4.78, 5) is 60.0. The molecule has 1 heterocycles.